The number of para-hydroxylation sites is 1. The number of nitrogens with zero attached hydrogens (tertiary/aromatic N) is 2. The summed E-state index contributed by atoms with van der Waals surface area (Å²) in [7, 11) is 0. The Labute approximate surface area is 213 Å². The van der Waals surface area contributed by atoms with Gasteiger partial charge in [0.15, 0.2) is 0 Å². The third-order valence-corrected chi connectivity index (χ3v) is 6.43. The summed E-state index contributed by atoms with van der Waals surface area (Å²) in [5, 5.41) is 6.16. The van der Waals surface area contributed by atoms with Gasteiger partial charge in [-0.05, 0) is 54.7 Å². The van der Waals surface area contributed by atoms with Gasteiger partial charge in [0.1, 0.15) is 6.54 Å². The molecule has 3 aromatic carbocycles. The van der Waals surface area contributed by atoms with Gasteiger partial charge in [-0.3, -0.25) is 19.0 Å². The van der Waals surface area contributed by atoms with E-state index in [4.69, 9.17) is 0 Å². The van der Waals surface area contributed by atoms with Crippen LogP contribution in [0.2, 0.25) is 0 Å². The lowest BCUT2D eigenvalue weighted by molar-refractivity contribution is -0.122. The van der Waals surface area contributed by atoms with Crippen molar-refractivity contribution in [2.75, 3.05) is 6.54 Å². The molecule has 0 spiro atoms. The summed E-state index contributed by atoms with van der Waals surface area (Å²) in [6, 6.07) is 23.7. The molecule has 1 fully saturated rings. The Morgan fingerprint density at radius 2 is 1.51 bits per heavy atom. The van der Waals surface area contributed by atoms with Crippen LogP contribution >= 0.6 is 0 Å². The fourth-order valence-corrected chi connectivity index (χ4v) is 4.35. The van der Waals surface area contributed by atoms with Crippen molar-refractivity contribution in [3.05, 3.63) is 111 Å². The highest BCUT2D eigenvalue weighted by Gasteiger charge is 2.23. The van der Waals surface area contributed by atoms with Crippen LogP contribution in [0.3, 0.4) is 0 Å². The molecule has 1 saturated carbocycles. The molecule has 0 atom stereocenters. The predicted molar refractivity (Wildman–Crippen MR) is 142 cm³/mol. The summed E-state index contributed by atoms with van der Waals surface area (Å²) < 4.78 is 2.40. The van der Waals surface area contributed by atoms with Crippen molar-refractivity contribution >= 4 is 22.7 Å². The molecule has 1 aliphatic rings. The molecule has 0 unspecified atom stereocenters. The van der Waals surface area contributed by atoms with E-state index in [2.05, 4.69) is 10.6 Å². The van der Waals surface area contributed by atoms with Crippen molar-refractivity contribution in [2.45, 2.75) is 38.3 Å². The fourth-order valence-electron chi connectivity index (χ4n) is 4.35. The molecule has 8 heteroatoms. The maximum Gasteiger partial charge on any atom is 0.336 e. The van der Waals surface area contributed by atoms with Crippen molar-refractivity contribution in [2.24, 2.45) is 0 Å². The second kappa shape index (κ2) is 10.7. The topological polar surface area (TPSA) is 102 Å². The van der Waals surface area contributed by atoms with Crippen LogP contribution in [0, 0.1) is 0 Å². The second-order valence-electron chi connectivity index (χ2n) is 9.30. The number of carbonyl (C=O) groups is 2. The third-order valence-electron chi connectivity index (χ3n) is 6.43. The van der Waals surface area contributed by atoms with Gasteiger partial charge < -0.3 is 10.6 Å². The first-order valence-corrected chi connectivity index (χ1v) is 12.4. The van der Waals surface area contributed by atoms with Crippen LogP contribution in [0.5, 0.6) is 0 Å². The molecule has 0 aliphatic heterocycles. The van der Waals surface area contributed by atoms with Gasteiger partial charge in [0.25, 0.3) is 5.56 Å². The molecular weight excluding hydrogens is 468 g/mol. The van der Waals surface area contributed by atoms with Crippen LogP contribution in [0.4, 0.5) is 0 Å². The van der Waals surface area contributed by atoms with E-state index in [1.54, 1.807) is 48.5 Å². The molecule has 2 N–H and O–H groups in total. The minimum atomic E-state index is -0.596. The van der Waals surface area contributed by atoms with Crippen molar-refractivity contribution in [3.8, 4) is 5.69 Å². The average Bonchev–Trinajstić information content (AvgIpc) is 3.72. The molecule has 0 radical (unpaired) electrons. The van der Waals surface area contributed by atoms with Gasteiger partial charge in [-0.2, -0.15) is 0 Å². The number of hydrogen-bond acceptors (Lipinski definition) is 4. The Kier molecular flexibility index (Phi) is 6.98. The molecule has 188 valence electrons. The van der Waals surface area contributed by atoms with E-state index in [1.165, 1.54) is 4.57 Å². The standard InChI is InChI=1S/C29H28N4O4/c34-26(31-22-12-13-22)18-21-10-14-23(15-11-21)33-28(36)24-8-4-5-9-25(24)32(29(33)37)19-27(35)30-17-16-20-6-2-1-3-7-20/h1-11,14-15,22H,12-13,16-19H2,(H,30,35)(H,31,34). The highest BCUT2D eigenvalue weighted by Crippen LogP contribution is 2.19. The van der Waals surface area contributed by atoms with E-state index in [1.807, 2.05) is 30.3 Å². The zero-order chi connectivity index (χ0) is 25.8. The van der Waals surface area contributed by atoms with Gasteiger partial charge in [-0.15, -0.1) is 0 Å². The summed E-state index contributed by atoms with van der Waals surface area (Å²) in [6.45, 7) is 0.221. The van der Waals surface area contributed by atoms with Crippen LogP contribution in [0.1, 0.15) is 24.0 Å². The molecule has 37 heavy (non-hydrogen) atoms. The molecule has 1 aliphatic carbocycles. The highest BCUT2D eigenvalue weighted by atomic mass is 16.2. The number of aromatic nitrogens is 2. The number of fused-ring (bicyclic) bond motifs is 1. The summed E-state index contributed by atoms with van der Waals surface area (Å²) in [6.07, 6.45) is 2.95. The quantitative estimate of drug-likeness (QED) is 0.371. The Bertz CT molecular complexity index is 1550. The van der Waals surface area contributed by atoms with Gasteiger partial charge in [-0.1, -0.05) is 54.6 Å². The predicted octanol–water partition coefficient (Wildman–Crippen LogP) is 2.33. The van der Waals surface area contributed by atoms with Crippen LogP contribution in [-0.4, -0.2) is 33.5 Å². The SMILES string of the molecule is O=C(Cn1c(=O)n(-c2ccc(CC(=O)NC3CC3)cc2)c(=O)c2ccccc21)NCCc1ccccc1. The molecule has 1 heterocycles. The van der Waals surface area contributed by atoms with Crippen LogP contribution < -0.4 is 21.9 Å². The smallest absolute Gasteiger partial charge is 0.336 e. The van der Waals surface area contributed by atoms with Crippen molar-refractivity contribution in [1.29, 1.82) is 0 Å². The lowest BCUT2D eigenvalue weighted by Gasteiger charge is -2.14. The van der Waals surface area contributed by atoms with Gasteiger partial charge in [0, 0.05) is 12.6 Å². The lowest BCUT2D eigenvalue weighted by atomic mass is 10.1. The van der Waals surface area contributed by atoms with Gasteiger partial charge >= 0.3 is 5.69 Å². The first-order valence-electron chi connectivity index (χ1n) is 12.4. The van der Waals surface area contributed by atoms with Gasteiger partial charge in [0.2, 0.25) is 11.8 Å². The highest BCUT2D eigenvalue weighted by molar-refractivity contribution is 5.82. The number of hydrogen-bond donors (Lipinski definition) is 2. The molecule has 0 bridgehead atoms. The Balaban J connectivity index is 1.39. The molecule has 4 aromatic rings. The van der Waals surface area contributed by atoms with Gasteiger partial charge in [-0.25, -0.2) is 9.36 Å². The first-order chi connectivity index (χ1) is 18.0. The number of benzene rings is 3. The van der Waals surface area contributed by atoms with Crippen molar-refractivity contribution in [3.63, 3.8) is 0 Å². The fraction of sp³-hybridized carbons (Fsp3) is 0.241. The summed E-state index contributed by atoms with van der Waals surface area (Å²) in [5.41, 5.74) is 1.62. The second-order valence-corrected chi connectivity index (χ2v) is 9.30. The molecule has 5 rings (SSSR count). The molecule has 0 saturated heterocycles. The van der Waals surface area contributed by atoms with E-state index < -0.39 is 11.2 Å². The molecule has 1 aromatic heterocycles. The van der Waals surface area contributed by atoms with Crippen molar-refractivity contribution < 1.29 is 9.59 Å². The van der Waals surface area contributed by atoms with Crippen LogP contribution in [-0.2, 0) is 29.0 Å². The zero-order valence-electron chi connectivity index (χ0n) is 20.4. The minimum Gasteiger partial charge on any atom is -0.354 e. The molecule has 2 amide bonds. The van der Waals surface area contributed by atoms with E-state index in [9.17, 15) is 19.2 Å². The lowest BCUT2D eigenvalue weighted by Crippen LogP contribution is -2.42. The van der Waals surface area contributed by atoms with E-state index in [0.29, 0.717) is 29.6 Å². The number of amides is 2. The maximum absolute atomic E-state index is 13.5. The minimum absolute atomic E-state index is 0.0428. The first kappa shape index (κ1) is 24.2. The summed E-state index contributed by atoms with van der Waals surface area (Å²) >= 11 is 0. The number of rotatable bonds is 9. The molecular formula is C29H28N4O4. The third kappa shape index (κ3) is 5.69. The normalized spacial score (nSPS) is 12.9. The van der Waals surface area contributed by atoms with E-state index in [0.717, 1.165) is 28.5 Å². The number of carbonyl (C=O) groups excluding carboxylic acids is 2. The van der Waals surface area contributed by atoms with Crippen molar-refractivity contribution in [1.82, 2.24) is 19.8 Å². The maximum atomic E-state index is 13.5. The summed E-state index contributed by atoms with van der Waals surface area (Å²) in [5.74, 6) is -0.357. The van der Waals surface area contributed by atoms with E-state index >= 15 is 0 Å². The van der Waals surface area contributed by atoms with Gasteiger partial charge in [0.05, 0.1) is 23.0 Å². The van der Waals surface area contributed by atoms with E-state index in [-0.39, 0.29) is 30.8 Å². The monoisotopic (exact) mass is 496 g/mol. The van der Waals surface area contributed by atoms with Crippen LogP contribution in [0.15, 0.2) is 88.5 Å². The Morgan fingerprint density at radius 1 is 0.811 bits per heavy atom. The molecule has 8 nitrogen and oxygen atoms in total. The average molecular weight is 497 g/mol. The van der Waals surface area contributed by atoms with Crippen LogP contribution in [0.25, 0.3) is 16.6 Å². The zero-order valence-corrected chi connectivity index (χ0v) is 20.4. The summed E-state index contributed by atoms with van der Waals surface area (Å²) in [4.78, 5) is 51.7. The largest absolute Gasteiger partial charge is 0.354 e. The Hall–Kier alpha value is -4.46. The Morgan fingerprint density at radius 3 is 2.24 bits per heavy atom. The number of nitrogens with one attached hydrogen (secondary N) is 2.